The van der Waals surface area contributed by atoms with E-state index in [2.05, 4.69) is 38.7 Å². The molecule has 3 rings (SSSR count). The number of rotatable bonds is 3. The molecule has 0 aliphatic heterocycles. The summed E-state index contributed by atoms with van der Waals surface area (Å²) in [5, 5.41) is 18.6. The monoisotopic (exact) mass is 287 g/mol. The number of nitrogens with zero attached hydrogens (tertiary/aromatic N) is 3. The number of aryl methyl sites for hydroxylation is 1. The summed E-state index contributed by atoms with van der Waals surface area (Å²) < 4.78 is 0. The maximum atomic E-state index is 4.34. The lowest BCUT2D eigenvalue weighted by atomic mass is 10.0. The van der Waals surface area contributed by atoms with Gasteiger partial charge in [0.05, 0.1) is 17.6 Å². The van der Waals surface area contributed by atoms with Crippen molar-refractivity contribution in [3.63, 3.8) is 0 Å². The van der Waals surface area contributed by atoms with Gasteiger partial charge in [0.25, 0.3) is 0 Å². The first-order valence-electron chi connectivity index (χ1n) is 7.83. The molecule has 2 N–H and O–H groups in total. The smallest absolute Gasteiger partial charge is 0.152 e. The zero-order valence-corrected chi connectivity index (χ0v) is 13.3. The molecule has 0 saturated heterocycles. The van der Waals surface area contributed by atoms with Crippen LogP contribution in [0.5, 0.6) is 0 Å². The third-order valence-electron chi connectivity index (χ3n) is 3.90. The molecular formula is C16H25N5. The average Bonchev–Trinajstić information content (AvgIpc) is 3.13. The molecule has 0 radical (unpaired) electrons. The predicted octanol–water partition coefficient (Wildman–Crippen LogP) is 4.18. The summed E-state index contributed by atoms with van der Waals surface area (Å²) in [6.45, 7) is 8.25. The van der Waals surface area contributed by atoms with Crippen LogP contribution in [0.1, 0.15) is 57.3 Å². The molecular weight excluding hydrogens is 262 g/mol. The molecule has 114 valence electrons. The SMILES string of the molecule is CC.Cc1nnccc1Nc1cc(C2CCC(C)C2)[nH]n1. The van der Waals surface area contributed by atoms with Crippen molar-refractivity contribution in [1.29, 1.82) is 0 Å². The highest BCUT2D eigenvalue weighted by Crippen LogP contribution is 2.37. The van der Waals surface area contributed by atoms with Gasteiger partial charge in [0.15, 0.2) is 5.82 Å². The summed E-state index contributed by atoms with van der Waals surface area (Å²) in [5.41, 5.74) is 3.07. The van der Waals surface area contributed by atoms with Gasteiger partial charge >= 0.3 is 0 Å². The topological polar surface area (TPSA) is 66.5 Å². The van der Waals surface area contributed by atoms with Crippen LogP contribution in [0.15, 0.2) is 18.3 Å². The lowest BCUT2D eigenvalue weighted by Gasteiger charge is -2.05. The Labute approximate surface area is 126 Å². The average molecular weight is 287 g/mol. The lowest BCUT2D eigenvalue weighted by Crippen LogP contribution is -1.96. The molecule has 2 aromatic rings. The van der Waals surface area contributed by atoms with Crippen molar-refractivity contribution in [1.82, 2.24) is 20.4 Å². The fraction of sp³-hybridized carbons (Fsp3) is 0.562. The van der Waals surface area contributed by atoms with Crippen LogP contribution in [0, 0.1) is 12.8 Å². The number of hydrogen-bond acceptors (Lipinski definition) is 4. The molecule has 1 aliphatic rings. The van der Waals surface area contributed by atoms with Crippen LogP contribution < -0.4 is 5.32 Å². The fourth-order valence-corrected chi connectivity index (χ4v) is 2.77. The van der Waals surface area contributed by atoms with Crippen molar-refractivity contribution in [3.05, 3.63) is 29.7 Å². The molecule has 5 heteroatoms. The van der Waals surface area contributed by atoms with Crippen molar-refractivity contribution < 1.29 is 0 Å². The minimum Gasteiger partial charge on any atom is -0.337 e. The van der Waals surface area contributed by atoms with Crippen LogP contribution in [0.3, 0.4) is 0 Å². The van der Waals surface area contributed by atoms with Gasteiger partial charge in [-0.05, 0) is 31.7 Å². The Morgan fingerprint density at radius 1 is 1.29 bits per heavy atom. The van der Waals surface area contributed by atoms with Crippen LogP contribution in [0.2, 0.25) is 0 Å². The van der Waals surface area contributed by atoms with E-state index < -0.39 is 0 Å². The summed E-state index contributed by atoms with van der Waals surface area (Å²) in [6, 6.07) is 4.02. The van der Waals surface area contributed by atoms with E-state index >= 15 is 0 Å². The van der Waals surface area contributed by atoms with Gasteiger partial charge in [-0.1, -0.05) is 27.2 Å². The Bertz CT molecular complexity index is 563. The second-order valence-corrected chi connectivity index (χ2v) is 5.48. The van der Waals surface area contributed by atoms with Crippen LogP contribution in [-0.4, -0.2) is 20.4 Å². The number of nitrogens with one attached hydrogen (secondary N) is 2. The molecule has 1 aliphatic carbocycles. The lowest BCUT2D eigenvalue weighted by molar-refractivity contribution is 0.591. The molecule has 2 aromatic heterocycles. The third kappa shape index (κ3) is 3.80. The molecule has 2 heterocycles. The molecule has 1 saturated carbocycles. The minimum absolute atomic E-state index is 0.634. The normalized spacial score (nSPS) is 20.8. The van der Waals surface area contributed by atoms with E-state index in [1.165, 1.54) is 25.0 Å². The van der Waals surface area contributed by atoms with Gasteiger partial charge in [-0.2, -0.15) is 15.3 Å². The van der Waals surface area contributed by atoms with Gasteiger partial charge < -0.3 is 5.32 Å². The van der Waals surface area contributed by atoms with E-state index in [-0.39, 0.29) is 0 Å². The molecule has 5 nitrogen and oxygen atoms in total. The summed E-state index contributed by atoms with van der Waals surface area (Å²) in [5.74, 6) is 2.32. The van der Waals surface area contributed by atoms with Crippen molar-refractivity contribution in [3.8, 4) is 0 Å². The molecule has 1 fully saturated rings. The van der Waals surface area contributed by atoms with Crippen molar-refractivity contribution >= 4 is 11.5 Å². The van der Waals surface area contributed by atoms with E-state index in [1.807, 2.05) is 26.8 Å². The summed E-state index contributed by atoms with van der Waals surface area (Å²) in [6.07, 6.45) is 5.53. The number of aromatic nitrogens is 4. The van der Waals surface area contributed by atoms with Gasteiger partial charge in [-0.25, -0.2) is 0 Å². The van der Waals surface area contributed by atoms with Gasteiger partial charge in [0.2, 0.25) is 0 Å². The van der Waals surface area contributed by atoms with E-state index in [0.29, 0.717) is 5.92 Å². The van der Waals surface area contributed by atoms with Crippen molar-refractivity contribution in [2.75, 3.05) is 5.32 Å². The molecule has 0 amide bonds. The van der Waals surface area contributed by atoms with Gasteiger partial charge in [-0.15, -0.1) is 0 Å². The van der Waals surface area contributed by atoms with Crippen LogP contribution >= 0.6 is 0 Å². The molecule has 0 bridgehead atoms. The number of hydrogen-bond donors (Lipinski definition) is 2. The van der Waals surface area contributed by atoms with E-state index in [9.17, 15) is 0 Å². The summed E-state index contributed by atoms with van der Waals surface area (Å²) >= 11 is 0. The Morgan fingerprint density at radius 3 is 2.76 bits per heavy atom. The zero-order valence-electron chi connectivity index (χ0n) is 13.3. The van der Waals surface area contributed by atoms with E-state index in [1.54, 1.807) is 6.20 Å². The Morgan fingerprint density at radius 2 is 2.10 bits per heavy atom. The number of anilines is 2. The van der Waals surface area contributed by atoms with Crippen LogP contribution in [-0.2, 0) is 0 Å². The van der Waals surface area contributed by atoms with Crippen LogP contribution in [0.4, 0.5) is 11.5 Å². The van der Waals surface area contributed by atoms with E-state index in [0.717, 1.165) is 23.1 Å². The number of aromatic amines is 1. The Kier molecular flexibility index (Phi) is 5.31. The molecule has 0 aromatic carbocycles. The van der Waals surface area contributed by atoms with Gasteiger partial charge in [0.1, 0.15) is 0 Å². The highest BCUT2D eigenvalue weighted by atomic mass is 15.2. The fourth-order valence-electron chi connectivity index (χ4n) is 2.77. The Balaban J connectivity index is 0.000000774. The summed E-state index contributed by atoms with van der Waals surface area (Å²) in [4.78, 5) is 0. The molecule has 21 heavy (non-hydrogen) atoms. The first kappa shape index (κ1) is 15.5. The first-order valence-corrected chi connectivity index (χ1v) is 7.83. The Hall–Kier alpha value is -1.91. The minimum atomic E-state index is 0.634. The quantitative estimate of drug-likeness (QED) is 0.888. The number of H-pyrrole nitrogens is 1. The van der Waals surface area contributed by atoms with Crippen molar-refractivity contribution in [2.45, 2.75) is 52.9 Å². The molecule has 0 spiro atoms. The summed E-state index contributed by atoms with van der Waals surface area (Å²) in [7, 11) is 0. The van der Waals surface area contributed by atoms with Crippen LogP contribution in [0.25, 0.3) is 0 Å². The zero-order chi connectivity index (χ0) is 15.2. The third-order valence-corrected chi connectivity index (χ3v) is 3.90. The highest BCUT2D eigenvalue weighted by molar-refractivity contribution is 5.57. The standard InChI is InChI=1S/C14H19N5.C2H6/c1-9-3-4-11(7-9)13-8-14(19-18-13)16-12-5-6-15-17-10(12)2;1-2/h5-6,8-9,11H,3-4,7H2,1-2H3,(H2,15,16,18,19);1-2H3. The maximum Gasteiger partial charge on any atom is 0.152 e. The maximum absolute atomic E-state index is 4.34. The van der Waals surface area contributed by atoms with Gasteiger partial charge in [-0.3, -0.25) is 5.10 Å². The molecule has 2 unspecified atom stereocenters. The second-order valence-electron chi connectivity index (χ2n) is 5.48. The second kappa shape index (κ2) is 7.20. The van der Waals surface area contributed by atoms with Crippen molar-refractivity contribution in [2.24, 2.45) is 5.92 Å². The first-order chi connectivity index (χ1) is 10.2. The highest BCUT2D eigenvalue weighted by Gasteiger charge is 2.24. The largest absolute Gasteiger partial charge is 0.337 e. The van der Waals surface area contributed by atoms with Gasteiger partial charge in [0, 0.05) is 17.7 Å². The predicted molar refractivity (Wildman–Crippen MR) is 85.7 cm³/mol. The van der Waals surface area contributed by atoms with E-state index in [4.69, 9.17) is 0 Å². The molecule has 2 atom stereocenters.